The van der Waals surface area contributed by atoms with Gasteiger partial charge in [0.1, 0.15) is 5.78 Å². The second-order valence-electron chi connectivity index (χ2n) is 5.46. The number of aliphatic carboxylic acids is 1. The van der Waals surface area contributed by atoms with Gasteiger partial charge in [0.15, 0.2) is 0 Å². The summed E-state index contributed by atoms with van der Waals surface area (Å²) in [4.78, 5) is 22.7. The smallest absolute Gasteiger partial charge is 0.307 e. The van der Waals surface area contributed by atoms with Crippen molar-refractivity contribution in [1.82, 2.24) is 0 Å². The summed E-state index contributed by atoms with van der Waals surface area (Å²) < 4.78 is 0. The van der Waals surface area contributed by atoms with Crippen molar-refractivity contribution in [2.75, 3.05) is 0 Å². The lowest BCUT2D eigenvalue weighted by atomic mass is 9.67. The van der Waals surface area contributed by atoms with Crippen molar-refractivity contribution in [2.24, 2.45) is 22.7 Å². The summed E-state index contributed by atoms with van der Waals surface area (Å²) in [6, 6.07) is 0. The Morgan fingerprint density at radius 3 is 2.29 bits per heavy atom. The first-order chi connectivity index (χ1) is 6.30. The summed E-state index contributed by atoms with van der Waals surface area (Å²) >= 11 is 0. The predicted octanol–water partition coefficient (Wildman–Crippen LogP) is 1.71. The molecule has 2 fully saturated rings. The van der Waals surface area contributed by atoms with E-state index in [2.05, 4.69) is 0 Å². The third kappa shape index (κ3) is 0.830. The molecular weight excluding hydrogens is 180 g/mol. The molecule has 78 valence electrons. The minimum atomic E-state index is -0.740. The average Bonchev–Trinajstić information content (AvgIpc) is 2.29. The molecule has 0 aliphatic heterocycles. The maximum Gasteiger partial charge on any atom is 0.307 e. The van der Waals surface area contributed by atoms with Crippen LogP contribution in [0.25, 0.3) is 0 Å². The highest BCUT2D eigenvalue weighted by atomic mass is 16.4. The van der Waals surface area contributed by atoms with E-state index >= 15 is 0 Å². The molecule has 0 aromatic rings. The third-order valence-corrected chi connectivity index (χ3v) is 4.81. The van der Waals surface area contributed by atoms with Gasteiger partial charge in [0.25, 0.3) is 0 Å². The number of hydrogen-bond acceptors (Lipinski definition) is 2. The van der Waals surface area contributed by atoms with Crippen LogP contribution in [0.15, 0.2) is 0 Å². The summed E-state index contributed by atoms with van der Waals surface area (Å²) in [5, 5.41) is 9.11. The quantitative estimate of drug-likeness (QED) is 0.694. The maximum absolute atomic E-state index is 11.6. The lowest BCUT2D eigenvalue weighted by Gasteiger charge is -2.36. The van der Waals surface area contributed by atoms with Crippen molar-refractivity contribution >= 4 is 11.8 Å². The maximum atomic E-state index is 11.6. The molecule has 3 atom stereocenters. The molecule has 2 saturated carbocycles. The normalized spacial score (nSPS) is 44.4. The number of carbonyl (C=O) groups is 2. The number of carbonyl (C=O) groups excluding carboxylic acids is 1. The first-order valence-corrected chi connectivity index (χ1v) is 5.06. The molecule has 0 amide bonds. The summed E-state index contributed by atoms with van der Waals surface area (Å²) in [5.74, 6) is -0.848. The molecule has 2 aliphatic carbocycles. The summed E-state index contributed by atoms with van der Waals surface area (Å²) in [6.07, 6.45) is 0.985. The number of rotatable bonds is 1. The molecule has 0 spiro atoms. The van der Waals surface area contributed by atoms with Crippen molar-refractivity contribution in [2.45, 2.75) is 33.6 Å². The van der Waals surface area contributed by atoms with Crippen LogP contribution in [0.5, 0.6) is 0 Å². The Bertz CT molecular complexity index is 318. The fraction of sp³-hybridized carbons (Fsp3) is 0.818. The summed E-state index contributed by atoms with van der Waals surface area (Å²) in [5.41, 5.74) is -0.478. The van der Waals surface area contributed by atoms with Gasteiger partial charge < -0.3 is 5.11 Å². The Kier molecular flexibility index (Phi) is 1.65. The molecular formula is C11H16O3. The first kappa shape index (κ1) is 9.69. The fourth-order valence-electron chi connectivity index (χ4n) is 3.38. The number of carboxylic acids is 1. The standard InChI is InChI=1S/C11H16O3/c1-10(2)6-4-7(9(13)14)11(10,3)5-8(6)12/h6-7H,4-5H2,1-3H3,(H,13,14). The molecule has 3 heteroatoms. The molecule has 0 radical (unpaired) electrons. The molecule has 0 aromatic carbocycles. The van der Waals surface area contributed by atoms with E-state index < -0.39 is 5.97 Å². The summed E-state index contributed by atoms with van der Waals surface area (Å²) in [6.45, 7) is 6.02. The second kappa shape index (κ2) is 2.38. The van der Waals surface area contributed by atoms with Gasteiger partial charge in [0.2, 0.25) is 0 Å². The minimum Gasteiger partial charge on any atom is -0.481 e. The highest BCUT2D eigenvalue weighted by Gasteiger charge is 2.67. The molecule has 0 aromatic heterocycles. The van der Waals surface area contributed by atoms with Crippen LogP contribution in [0.4, 0.5) is 0 Å². The van der Waals surface area contributed by atoms with Gasteiger partial charge in [-0.25, -0.2) is 0 Å². The third-order valence-electron chi connectivity index (χ3n) is 4.81. The van der Waals surface area contributed by atoms with Gasteiger partial charge in [0.05, 0.1) is 5.92 Å². The molecule has 2 rings (SSSR count). The highest BCUT2D eigenvalue weighted by Crippen LogP contribution is 2.66. The Labute approximate surface area is 83.5 Å². The lowest BCUT2D eigenvalue weighted by Crippen LogP contribution is -2.36. The van der Waals surface area contributed by atoms with E-state index in [-0.39, 0.29) is 28.4 Å². The Morgan fingerprint density at radius 2 is 2.00 bits per heavy atom. The molecule has 0 saturated heterocycles. The first-order valence-electron chi connectivity index (χ1n) is 5.06. The SMILES string of the molecule is CC1(C)C2CC(C(=O)O)C1(C)CC2=O. The number of fused-ring (bicyclic) bond motifs is 2. The van der Waals surface area contributed by atoms with Gasteiger partial charge >= 0.3 is 5.97 Å². The van der Waals surface area contributed by atoms with E-state index in [1.54, 1.807) is 0 Å². The Balaban J connectivity index is 2.45. The van der Waals surface area contributed by atoms with E-state index in [4.69, 9.17) is 5.11 Å². The van der Waals surface area contributed by atoms with Crippen LogP contribution in [-0.2, 0) is 9.59 Å². The largest absolute Gasteiger partial charge is 0.481 e. The van der Waals surface area contributed by atoms with E-state index in [0.717, 1.165) is 0 Å². The van der Waals surface area contributed by atoms with Gasteiger partial charge in [-0.2, -0.15) is 0 Å². The Morgan fingerprint density at radius 1 is 1.43 bits per heavy atom. The van der Waals surface area contributed by atoms with Gasteiger partial charge in [-0.1, -0.05) is 20.8 Å². The zero-order valence-electron chi connectivity index (χ0n) is 8.83. The minimum absolute atomic E-state index is 0.0337. The topological polar surface area (TPSA) is 54.4 Å². The molecule has 14 heavy (non-hydrogen) atoms. The Hall–Kier alpha value is -0.860. The predicted molar refractivity (Wildman–Crippen MR) is 50.7 cm³/mol. The molecule has 2 bridgehead atoms. The van der Waals surface area contributed by atoms with Crippen LogP contribution in [0.2, 0.25) is 0 Å². The van der Waals surface area contributed by atoms with Gasteiger partial charge in [-0.05, 0) is 17.3 Å². The number of Topliss-reactive ketones (excluding diaryl/α,β-unsaturated/α-hetero) is 1. The van der Waals surface area contributed by atoms with Gasteiger partial charge in [-0.3, -0.25) is 9.59 Å². The van der Waals surface area contributed by atoms with Crippen LogP contribution >= 0.6 is 0 Å². The molecule has 0 heterocycles. The van der Waals surface area contributed by atoms with Crippen molar-refractivity contribution in [1.29, 1.82) is 0 Å². The average molecular weight is 196 g/mol. The number of hydrogen-bond donors (Lipinski definition) is 1. The molecule has 1 N–H and O–H groups in total. The van der Waals surface area contributed by atoms with E-state index in [1.807, 2.05) is 20.8 Å². The van der Waals surface area contributed by atoms with Gasteiger partial charge in [-0.15, -0.1) is 0 Å². The monoisotopic (exact) mass is 196 g/mol. The second-order valence-corrected chi connectivity index (χ2v) is 5.46. The van der Waals surface area contributed by atoms with Crippen LogP contribution in [0.3, 0.4) is 0 Å². The van der Waals surface area contributed by atoms with E-state index in [1.165, 1.54) is 0 Å². The molecule has 3 nitrogen and oxygen atoms in total. The fourth-order valence-corrected chi connectivity index (χ4v) is 3.38. The van der Waals surface area contributed by atoms with Crippen molar-refractivity contribution in [3.8, 4) is 0 Å². The van der Waals surface area contributed by atoms with Crippen molar-refractivity contribution < 1.29 is 14.7 Å². The number of ketones is 1. The van der Waals surface area contributed by atoms with E-state index in [9.17, 15) is 9.59 Å². The summed E-state index contributed by atoms with van der Waals surface area (Å²) in [7, 11) is 0. The molecule has 2 aliphatic rings. The van der Waals surface area contributed by atoms with Crippen molar-refractivity contribution in [3.05, 3.63) is 0 Å². The zero-order chi connectivity index (χ0) is 10.7. The lowest BCUT2D eigenvalue weighted by molar-refractivity contribution is -0.147. The van der Waals surface area contributed by atoms with Crippen LogP contribution < -0.4 is 0 Å². The van der Waals surface area contributed by atoms with Crippen LogP contribution in [-0.4, -0.2) is 16.9 Å². The van der Waals surface area contributed by atoms with Crippen LogP contribution in [0.1, 0.15) is 33.6 Å². The zero-order valence-corrected chi connectivity index (χ0v) is 8.83. The van der Waals surface area contributed by atoms with Crippen LogP contribution in [0, 0.1) is 22.7 Å². The number of carboxylic acid groups (broad SMARTS) is 1. The van der Waals surface area contributed by atoms with E-state index in [0.29, 0.717) is 12.8 Å². The van der Waals surface area contributed by atoms with Gasteiger partial charge in [0, 0.05) is 12.3 Å². The molecule has 3 unspecified atom stereocenters. The highest BCUT2D eigenvalue weighted by molar-refractivity contribution is 5.89. The van der Waals surface area contributed by atoms with Crippen molar-refractivity contribution in [3.63, 3.8) is 0 Å².